The number of rotatable bonds is 2. The highest BCUT2D eigenvalue weighted by atomic mass is 35.5. The molecule has 0 atom stereocenters. The predicted octanol–water partition coefficient (Wildman–Crippen LogP) is 2.69. The molecule has 1 N–H and O–H groups in total. The maximum absolute atomic E-state index is 11.7. The Morgan fingerprint density at radius 2 is 2.18 bits per heavy atom. The quantitative estimate of drug-likeness (QED) is 0.649. The first-order chi connectivity index (χ1) is 8.13. The second-order valence-corrected chi connectivity index (χ2v) is 4.49. The molecule has 1 aromatic rings. The summed E-state index contributed by atoms with van der Waals surface area (Å²) in [5, 5.41) is 2.86. The van der Waals surface area contributed by atoms with Crippen LogP contribution in [0.2, 0.25) is 0 Å². The Balaban J connectivity index is 2.48. The van der Waals surface area contributed by atoms with Crippen molar-refractivity contribution in [3.63, 3.8) is 0 Å². The highest BCUT2D eigenvalue weighted by molar-refractivity contribution is 6.30. The van der Waals surface area contributed by atoms with E-state index in [2.05, 4.69) is 5.32 Å². The van der Waals surface area contributed by atoms with E-state index in [1.807, 2.05) is 6.92 Å². The number of carbonyl (C=O) groups is 2. The van der Waals surface area contributed by atoms with E-state index >= 15 is 0 Å². The summed E-state index contributed by atoms with van der Waals surface area (Å²) >= 11 is 5.58. The standard InChI is InChI=1S/C13H14ClNO2/c1-8-9-3-2-4-13(17)15-11(9)6-5-10(8)12(16)7-14/h5-6H,2-4,7H2,1H3,(H,15,17). The van der Waals surface area contributed by atoms with Gasteiger partial charge in [-0.1, -0.05) is 0 Å². The Bertz CT molecular complexity index is 483. The summed E-state index contributed by atoms with van der Waals surface area (Å²) in [6.45, 7) is 1.91. The second-order valence-electron chi connectivity index (χ2n) is 4.22. The molecular weight excluding hydrogens is 238 g/mol. The maximum Gasteiger partial charge on any atom is 0.224 e. The summed E-state index contributed by atoms with van der Waals surface area (Å²) in [4.78, 5) is 23.1. The SMILES string of the molecule is Cc1c(C(=O)CCl)ccc2c1CCCC(=O)N2. The van der Waals surface area contributed by atoms with E-state index in [1.54, 1.807) is 12.1 Å². The molecule has 4 heteroatoms. The van der Waals surface area contributed by atoms with Crippen molar-refractivity contribution in [1.82, 2.24) is 0 Å². The van der Waals surface area contributed by atoms with Gasteiger partial charge in [0.2, 0.25) is 5.91 Å². The topological polar surface area (TPSA) is 46.2 Å². The van der Waals surface area contributed by atoms with Gasteiger partial charge in [0.1, 0.15) is 0 Å². The number of hydrogen-bond donors (Lipinski definition) is 1. The molecule has 90 valence electrons. The fourth-order valence-electron chi connectivity index (χ4n) is 2.21. The van der Waals surface area contributed by atoms with Gasteiger partial charge in [-0.25, -0.2) is 0 Å². The minimum atomic E-state index is -0.0671. The van der Waals surface area contributed by atoms with Gasteiger partial charge >= 0.3 is 0 Å². The Morgan fingerprint density at radius 1 is 1.41 bits per heavy atom. The number of ketones is 1. The summed E-state index contributed by atoms with van der Waals surface area (Å²) in [5.41, 5.74) is 3.49. The maximum atomic E-state index is 11.7. The fourth-order valence-corrected chi connectivity index (χ4v) is 2.35. The largest absolute Gasteiger partial charge is 0.326 e. The Morgan fingerprint density at radius 3 is 2.88 bits per heavy atom. The molecule has 1 aliphatic heterocycles. The molecule has 17 heavy (non-hydrogen) atoms. The fraction of sp³-hybridized carbons (Fsp3) is 0.385. The van der Waals surface area contributed by atoms with Gasteiger partial charge in [0.05, 0.1) is 5.88 Å². The zero-order valence-electron chi connectivity index (χ0n) is 9.68. The lowest BCUT2D eigenvalue weighted by Crippen LogP contribution is -2.11. The molecule has 3 nitrogen and oxygen atoms in total. The van der Waals surface area contributed by atoms with Crippen LogP contribution in [0.25, 0.3) is 0 Å². The first-order valence-corrected chi connectivity index (χ1v) is 6.18. The Kier molecular flexibility index (Phi) is 3.48. The van der Waals surface area contributed by atoms with Crippen molar-refractivity contribution in [3.05, 3.63) is 28.8 Å². The predicted molar refractivity (Wildman–Crippen MR) is 67.8 cm³/mol. The average Bonchev–Trinajstić information content (AvgIpc) is 2.50. The number of hydrogen-bond acceptors (Lipinski definition) is 2. The molecule has 0 spiro atoms. The van der Waals surface area contributed by atoms with Gasteiger partial charge in [-0.2, -0.15) is 0 Å². The Hall–Kier alpha value is -1.35. The first kappa shape index (κ1) is 12.1. The summed E-state index contributed by atoms with van der Waals surface area (Å²) in [6.07, 6.45) is 2.18. The third-order valence-electron chi connectivity index (χ3n) is 3.12. The van der Waals surface area contributed by atoms with Crippen molar-refractivity contribution in [3.8, 4) is 0 Å². The molecular formula is C13H14ClNO2. The van der Waals surface area contributed by atoms with Crippen LogP contribution in [0.4, 0.5) is 5.69 Å². The third-order valence-corrected chi connectivity index (χ3v) is 3.37. The van der Waals surface area contributed by atoms with E-state index in [-0.39, 0.29) is 17.6 Å². The van der Waals surface area contributed by atoms with Crippen LogP contribution in [0, 0.1) is 6.92 Å². The van der Waals surface area contributed by atoms with E-state index in [1.165, 1.54) is 0 Å². The first-order valence-electron chi connectivity index (χ1n) is 5.65. The van der Waals surface area contributed by atoms with Crippen molar-refractivity contribution in [1.29, 1.82) is 0 Å². The summed E-state index contributed by atoms with van der Waals surface area (Å²) in [6, 6.07) is 3.54. The lowest BCUT2D eigenvalue weighted by molar-refractivity contribution is -0.116. The van der Waals surface area contributed by atoms with Crippen LogP contribution in [0.15, 0.2) is 12.1 Å². The van der Waals surface area contributed by atoms with Crippen molar-refractivity contribution in [2.75, 3.05) is 11.2 Å². The number of Topliss-reactive ketones (excluding diaryl/α,β-unsaturated/α-hetero) is 1. The van der Waals surface area contributed by atoms with Crippen LogP contribution in [0.3, 0.4) is 0 Å². The molecule has 0 saturated carbocycles. The number of carbonyl (C=O) groups excluding carboxylic acids is 2. The molecule has 0 aliphatic carbocycles. The number of anilines is 1. The molecule has 1 aromatic carbocycles. The number of halogens is 1. The van der Waals surface area contributed by atoms with Gasteiger partial charge in [0.15, 0.2) is 5.78 Å². The van der Waals surface area contributed by atoms with Crippen LogP contribution >= 0.6 is 11.6 Å². The minimum absolute atomic E-state index is 0.00795. The number of benzene rings is 1. The number of alkyl halides is 1. The van der Waals surface area contributed by atoms with Crippen LogP contribution in [-0.2, 0) is 11.2 Å². The van der Waals surface area contributed by atoms with Crippen LogP contribution in [-0.4, -0.2) is 17.6 Å². The van der Waals surface area contributed by atoms with Crippen molar-refractivity contribution < 1.29 is 9.59 Å². The van der Waals surface area contributed by atoms with Gasteiger partial charge in [0.25, 0.3) is 0 Å². The van der Waals surface area contributed by atoms with Gasteiger partial charge in [-0.15, -0.1) is 11.6 Å². The van der Waals surface area contributed by atoms with Crippen LogP contribution in [0.1, 0.15) is 34.3 Å². The van der Waals surface area contributed by atoms with E-state index in [9.17, 15) is 9.59 Å². The summed E-state index contributed by atoms with van der Waals surface area (Å²) in [7, 11) is 0. The van der Waals surface area contributed by atoms with Crippen LogP contribution < -0.4 is 5.32 Å². The van der Waals surface area contributed by atoms with Gasteiger partial charge in [-0.05, 0) is 43.0 Å². The van der Waals surface area contributed by atoms with Gasteiger partial charge < -0.3 is 5.32 Å². The van der Waals surface area contributed by atoms with E-state index < -0.39 is 0 Å². The number of fused-ring (bicyclic) bond motifs is 1. The summed E-state index contributed by atoms with van der Waals surface area (Å²) < 4.78 is 0. The molecule has 0 radical (unpaired) electrons. The molecule has 0 bridgehead atoms. The van der Waals surface area contributed by atoms with Gasteiger partial charge in [0, 0.05) is 17.7 Å². The van der Waals surface area contributed by atoms with E-state index in [0.29, 0.717) is 12.0 Å². The molecule has 0 unspecified atom stereocenters. The molecule has 1 heterocycles. The molecule has 1 amide bonds. The zero-order chi connectivity index (χ0) is 12.4. The smallest absolute Gasteiger partial charge is 0.224 e. The number of amides is 1. The molecule has 0 fully saturated rings. The van der Waals surface area contributed by atoms with E-state index in [4.69, 9.17) is 11.6 Å². The third kappa shape index (κ3) is 2.34. The normalized spacial score (nSPS) is 14.8. The van der Waals surface area contributed by atoms with E-state index in [0.717, 1.165) is 29.7 Å². The highest BCUT2D eigenvalue weighted by Gasteiger charge is 2.18. The highest BCUT2D eigenvalue weighted by Crippen LogP contribution is 2.27. The summed E-state index contributed by atoms with van der Waals surface area (Å²) in [5.74, 6) is -0.0338. The molecule has 1 aliphatic rings. The van der Waals surface area contributed by atoms with Crippen LogP contribution in [0.5, 0.6) is 0 Å². The zero-order valence-corrected chi connectivity index (χ0v) is 10.4. The molecule has 0 saturated heterocycles. The number of nitrogens with one attached hydrogen (secondary N) is 1. The van der Waals surface area contributed by atoms with Crippen molar-refractivity contribution >= 4 is 29.0 Å². The second kappa shape index (κ2) is 4.88. The van der Waals surface area contributed by atoms with Crippen molar-refractivity contribution in [2.45, 2.75) is 26.2 Å². The van der Waals surface area contributed by atoms with Gasteiger partial charge in [-0.3, -0.25) is 9.59 Å². The lowest BCUT2D eigenvalue weighted by Gasteiger charge is -2.13. The molecule has 2 rings (SSSR count). The Labute approximate surface area is 105 Å². The minimum Gasteiger partial charge on any atom is -0.326 e. The van der Waals surface area contributed by atoms with Crippen molar-refractivity contribution in [2.24, 2.45) is 0 Å². The average molecular weight is 252 g/mol. The monoisotopic (exact) mass is 251 g/mol. The lowest BCUT2D eigenvalue weighted by atomic mass is 9.95. The molecule has 0 aromatic heterocycles.